The zero-order valence-corrected chi connectivity index (χ0v) is 17.7. The minimum atomic E-state index is -0.542. The van der Waals surface area contributed by atoms with Gasteiger partial charge in [0.2, 0.25) is 5.91 Å². The van der Waals surface area contributed by atoms with E-state index in [0.29, 0.717) is 13.2 Å². The summed E-state index contributed by atoms with van der Waals surface area (Å²) in [7, 11) is 1.65. The number of hydrogen-bond acceptors (Lipinski definition) is 6. The van der Waals surface area contributed by atoms with Gasteiger partial charge in [0.15, 0.2) is 6.61 Å². The molecule has 0 fully saturated rings. The first kappa shape index (κ1) is 22.4. The van der Waals surface area contributed by atoms with Crippen LogP contribution in [-0.4, -0.2) is 42.9 Å². The molecule has 0 spiro atoms. The van der Waals surface area contributed by atoms with Crippen LogP contribution in [0.1, 0.15) is 36.8 Å². The van der Waals surface area contributed by atoms with Gasteiger partial charge in [-0.3, -0.25) is 14.4 Å². The number of nitrogens with one attached hydrogen (secondary N) is 1. The number of rotatable bonds is 10. The molecule has 0 aliphatic heterocycles. The van der Waals surface area contributed by atoms with E-state index in [0.717, 1.165) is 16.2 Å². The number of nitrogens with zero attached hydrogens (tertiary/aromatic N) is 1. The van der Waals surface area contributed by atoms with Gasteiger partial charge in [0.05, 0.1) is 19.1 Å². The summed E-state index contributed by atoms with van der Waals surface area (Å²) < 4.78 is 10.5. The van der Waals surface area contributed by atoms with E-state index in [1.54, 1.807) is 7.05 Å². The summed E-state index contributed by atoms with van der Waals surface area (Å²) >= 11 is 1.44. The lowest BCUT2D eigenvalue weighted by atomic mass is 10.1. The molecule has 0 aliphatic carbocycles. The molecule has 0 bridgehead atoms. The Morgan fingerprint density at radius 2 is 1.90 bits per heavy atom. The molecule has 7 nitrogen and oxygen atoms in total. The molecule has 8 heteroatoms. The van der Waals surface area contributed by atoms with Gasteiger partial charge in [0, 0.05) is 25.4 Å². The van der Waals surface area contributed by atoms with Crippen LogP contribution in [0.4, 0.5) is 0 Å². The van der Waals surface area contributed by atoms with Gasteiger partial charge in [-0.1, -0.05) is 18.2 Å². The predicted molar refractivity (Wildman–Crippen MR) is 111 cm³/mol. The fraction of sp³-hybridized carbons (Fsp3) is 0.381. The summed E-state index contributed by atoms with van der Waals surface area (Å²) in [5.41, 5.74) is 0.944. The average Bonchev–Trinajstić information content (AvgIpc) is 3.21. The first-order chi connectivity index (χ1) is 13.9. The van der Waals surface area contributed by atoms with Crippen LogP contribution >= 0.6 is 11.3 Å². The third kappa shape index (κ3) is 7.57. The summed E-state index contributed by atoms with van der Waals surface area (Å²) in [4.78, 5) is 38.2. The zero-order valence-electron chi connectivity index (χ0n) is 16.8. The fourth-order valence-corrected chi connectivity index (χ4v) is 3.43. The summed E-state index contributed by atoms with van der Waals surface area (Å²) in [5, 5.41) is 4.60. The molecule has 2 amide bonds. The van der Waals surface area contributed by atoms with Crippen LogP contribution in [0.25, 0.3) is 0 Å². The van der Waals surface area contributed by atoms with Crippen molar-refractivity contribution in [2.45, 2.75) is 32.9 Å². The maximum Gasteiger partial charge on any atom is 0.308 e. The Kier molecular flexibility index (Phi) is 8.67. The van der Waals surface area contributed by atoms with Crippen molar-refractivity contribution < 1.29 is 23.9 Å². The molecule has 1 atom stereocenters. The highest BCUT2D eigenvalue weighted by molar-refractivity contribution is 7.10. The van der Waals surface area contributed by atoms with Crippen molar-refractivity contribution in [1.82, 2.24) is 10.2 Å². The lowest BCUT2D eigenvalue weighted by Gasteiger charge is -2.19. The molecule has 0 saturated carbocycles. The molecular formula is C21H26N2O5S. The molecule has 1 aromatic heterocycles. The van der Waals surface area contributed by atoms with Gasteiger partial charge in [-0.25, -0.2) is 0 Å². The van der Waals surface area contributed by atoms with E-state index in [9.17, 15) is 14.4 Å². The van der Waals surface area contributed by atoms with Gasteiger partial charge in [-0.15, -0.1) is 11.3 Å². The van der Waals surface area contributed by atoms with Gasteiger partial charge in [0.25, 0.3) is 5.91 Å². The second-order valence-corrected chi connectivity index (χ2v) is 7.44. The highest BCUT2D eigenvalue weighted by atomic mass is 32.1. The van der Waals surface area contributed by atoms with Crippen LogP contribution in [0.3, 0.4) is 0 Å². The lowest BCUT2D eigenvalue weighted by Crippen LogP contribution is -2.32. The van der Waals surface area contributed by atoms with Crippen molar-refractivity contribution in [3.8, 4) is 5.75 Å². The van der Waals surface area contributed by atoms with Gasteiger partial charge in [-0.05, 0) is 36.1 Å². The minimum Gasteiger partial charge on any atom is -0.494 e. The maximum atomic E-state index is 12.3. The van der Waals surface area contributed by atoms with Crippen molar-refractivity contribution in [1.29, 1.82) is 0 Å². The average molecular weight is 419 g/mol. The van der Waals surface area contributed by atoms with Crippen LogP contribution in [0.2, 0.25) is 0 Å². The van der Waals surface area contributed by atoms with Gasteiger partial charge in [-0.2, -0.15) is 0 Å². The first-order valence-corrected chi connectivity index (χ1v) is 10.2. The second-order valence-electron chi connectivity index (χ2n) is 6.46. The first-order valence-electron chi connectivity index (χ1n) is 9.30. The van der Waals surface area contributed by atoms with Crippen molar-refractivity contribution >= 4 is 29.1 Å². The number of thiophene rings is 1. The number of hydrogen-bond donors (Lipinski definition) is 1. The summed E-state index contributed by atoms with van der Waals surface area (Å²) in [6.07, 6.45) is -0.0318. The van der Waals surface area contributed by atoms with Crippen molar-refractivity contribution in [3.05, 3.63) is 52.2 Å². The standard InChI is InChI=1S/C21H26N2O5S/c1-4-27-17-9-7-16(8-10-17)13-23(3)20(25)14-28-21(26)12-18(22-15(2)24)19-6-5-11-29-19/h5-11,18H,4,12-14H2,1-3H3,(H,22,24). The molecule has 0 saturated heterocycles. The molecule has 1 unspecified atom stereocenters. The van der Waals surface area contributed by atoms with Crippen LogP contribution in [0.15, 0.2) is 41.8 Å². The Labute approximate surface area is 174 Å². The molecule has 1 N–H and O–H groups in total. The zero-order chi connectivity index (χ0) is 21.2. The summed E-state index contributed by atoms with van der Waals surface area (Å²) in [6, 6.07) is 10.7. The topological polar surface area (TPSA) is 84.9 Å². The number of esters is 1. The Morgan fingerprint density at radius 3 is 2.48 bits per heavy atom. The van der Waals surface area contributed by atoms with Crippen LogP contribution in [0, 0.1) is 0 Å². The number of ether oxygens (including phenoxy) is 2. The second kappa shape index (κ2) is 11.2. The molecular weight excluding hydrogens is 392 g/mol. The minimum absolute atomic E-state index is 0.0318. The normalized spacial score (nSPS) is 11.4. The molecule has 1 heterocycles. The van der Waals surface area contributed by atoms with E-state index in [-0.39, 0.29) is 24.8 Å². The Hall–Kier alpha value is -2.87. The Bertz CT molecular complexity index is 805. The van der Waals surface area contributed by atoms with Crippen molar-refractivity contribution in [2.75, 3.05) is 20.3 Å². The highest BCUT2D eigenvalue weighted by Gasteiger charge is 2.20. The number of carbonyl (C=O) groups is 3. The van der Waals surface area contributed by atoms with E-state index in [1.807, 2.05) is 48.7 Å². The smallest absolute Gasteiger partial charge is 0.308 e. The number of amides is 2. The predicted octanol–water partition coefficient (Wildman–Crippen LogP) is 2.92. The lowest BCUT2D eigenvalue weighted by molar-refractivity contribution is -0.152. The van der Waals surface area contributed by atoms with E-state index >= 15 is 0 Å². The number of carbonyl (C=O) groups excluding carboxylic acids is 3. The van der Waals surface area contributed by atoms with E-state index in [2.05, 4.69) is 5.32 Å². The van der Waals surface area contributed by atoms with Crippen molar-refractivity contribution in [3.63, 3.8) is 0 Å². The molecule has 2 rings (SSSR count). The largest absolute Gasteiger partial charge is 0.494 e. The Morgan fingerprint density at radius 1 is 1.17 bits per heavy atom. The Balaban J connectivity index is 1.81. The molecule has 1 aromatic carbocycles. The molecule has 156 valence electrons. The number of benzene rings is 1. The molecule has 2 aromatic rings. The SMILES string of the molecule is CCOc1ccc(CN(C)C(=O)COC(=O)CC(NC(C)=O)c2cccs2)cc1. The van der Waals surface area contributed by atoms with Gasteiger partial charge < -0.3 is 19.7 Å². The molecule has 0 radical (unpaired) electrons. The van der Waals surface area contributed by atoms with Gasteiger partial charge in [0.1, 0.15) is 5.75 Å². The van der Waals surface area contributed by atoms with E-state index < -0.39 is 12.0 Å². The van der Waals surface area contributed by atoms with Crippen molar-refractivity contribution in [2.24, 2.45) is 0 Å². The van der Waals surface area contributed by atoms with E-state index in [1.165, 1.54) is 23.2 Å². The fourth-order valence-electron chi connectivity index (χ4n) is 2.66. The third-order valence-electron chi connectivity index (χ3n) is 4.07. The van der Waals surface area contributed by atoms with Gasteiger partial charge >= 0.3 is 5.97 Å². The third-order valence-corrected chi connectivity index (χ3v) is 5.06. The van der Waals surface area contributed by atoms with Crippen LogP contribution in [-0.2, 0) is 25.7 Å². The number of likely N-dealkylation sites (N-methyl/N-ethyl adjacent to an activating group) is 1. The van der Waals surface area contributed by atoms with Crippen LogP contribution in [0.5, 0.6) is 5.75 Å². The molecule has 29 heavy (non-hydrogen) atoms. The summed E-state index contributed by atoms with van der Waals surface area (Å²) in [5.74, 6) is -0.305. The monoisotopic (exact) mass is 418 g/mol. The maximum absolute atomic E-state index is 12.3. The summed E-state index contributed by atoms with van der Waals surface area (Å²) in [6.45, 7) is 3.96. The quantitative estimate of drug-likeness (QED) is 0.600. The van der Waals surface area contributed by atoms with E-state index in [4.69, 9.17) is 9.47 Å². The molecule has 0 aliphatic rings. The van der Waals surface area contributed by atoms with Crippen LogP contribution < -0.4 is 10.1 Å². The highest BCUT2D eigenvalue weighted by Crippen LogP contribution is 2.22.